The number of aryl methyl sites for hydroxylation is 1. The van der Waals surface area contributed by atoms with Crippen molar-refractivity contribution in [3.63, 3.8) is 0 Å². The summed E-state index contributed by atoms with van der Waals surface area (Å²) >= 11 is 1.87. The van der Waals surface area contributed by atoms with Gasteiger partial charge in [0.25, 0.3) is 0 Å². The van der Waals surface area contributed by atoms with Crippen molar-refractivity contribution in [2.45, 2.75) is 26.0 Å². The average molecular weight is 234 g/mol. The molecule has 0 aliphatic carbocycles. The highest BCUT2D eigenvalue weighted by molar-refractivity contribution is 8.15. The summed E-state index contributed by atoms with van der Waals surface area (Å²) in [5, 5.41) is 1.79. The van der Waals surface area contributed by atoms with Crippen LogP contribution in [-0.4, -0.2) is 23.5 Å². The third-order valence-electron chi connectivity index (χ3n) is 2.68. The van der Waals surface area contributed by atoms with Gasteiger partial charge in [-0.05, 0) is 26.0 Å². The number of aliphatic imine (C=N–C) groups is 1. The number of thioether (sulfide) groups is 1. The van der Waals surface area contributed by atoms with Gasteiger partial charge in [-0.1, -0.05) is 36.4 Å². The van der Waals surface area contributed by atoms with Crippen molar-refractivity contribution in [1.29, 1.82) is 0 Å². The van der Waals surface area contributed by atoms with Crippen molar-refractivity contribution in [1.82, 2.24) is 0 Å². The van der Waals surface area contributed by atoms with Gasteiger partial charge in [0.1, 0.15) is 0 Å². The molecule has 0 saturated heterocycles. The van der Waals surface area contributed by atoms with E-state index in [0.717, 1.165) is 13.1 Å². The van der Waals surface area contributed by atoms with Crippen molar-refractivity contribution >= 4 is 22.6 Å². The molecule has 0 saturated carbocycles. The summed E-state index contributed by atoms with van der Waals surface area (Å²) in [6.45, 7) is 8.43. The molecule has 16 heavy (non-hydrogen) atoms. The first-order valence-corrected chi connectivity index (χ1v) is 6.64. The molecule has 1 aromatic carbocycles. The largest absolute Gasteiger partial charge is 0.322 e. The molecule has 0 spiro atoms. The Morgan fingerprint density at radius 2 is 2.06 bits per heavy atom. The zero-order valence-electron chi connectivity index (χ0n) is 10.1. The molecule has 0 fully saturated rings. The van der Waals surface area contributed by atoms with Crippen LogP contribution in [0.2, 0.25) is 0 Å². The van der Waals surface area contributed by atoms with Crippen molar-refractivity contribution in [2.75, 3.05) is 18.0 Å². The van der Waals surface area contributed by atoms with E-state index in [-0.39, 0.29) is 0 Å². The summed E-state index contributed by atoms with van der Waals surface area (Å²) in [6.07, 6.45) is 0. The minimum absolute atomic E-state index is 0.620. The molecular formula is C13H18N2S. The molecule has 3 heteroatoms. The van der Waals surface area contributed by atoms with Gasteiger partial charge in [-0.15, -0.1) is 0 Å². The molecule has 1 aliphatic rings. The van der Waals surface area contributed by atoms with Gasteiger partial charge in [0, 0.05) is 17.5 Å². The highest BCUT2D eigenvalue weighted by Gasteiger charge is 2.20. The Kier molecular flexibility index (Phi) is 3.54. The van der Waals surface area contributed by atoms with Crippen LogP contribution in [0.4, 0.5) is 5.69 Å². The van der Waals surface area contributed by atoms with Crippen LogP contribution in [0.1, 0.15) is 19.4 Å². The molecule has 1 heterocycles. The van der Waals surface area contributed by atoms with E-state index in [4.69, 9.17) is 0 Å². The maximum absolute atomic E-state index is 4.59. The molecule has 0 aromatic heterocycles. The lowest BCUT2D eigenvalue weighted by atomic mass is 10.2. The summed E-state index contributed by atoms with van der Waals surface area (Å²) < 4.78 is 0. The lowest BCUT2D eigenvalue weighted by Gasteiger charge is -2.22. The van der Waals surface area contributed by atoms with E-state index < -0.39 is 0 Å². The summed E-state index contributed by atoms with van der Waals surface area (Å²) in [4.78, 5) is 6.88. The second-order valence-corrected chi connectivity index (χ2v) is 5.54. The molecule has 1 aromatic rings. The topological polar surface area (TPSA) is 15.6 Å². The summed E-state index contributed by atoms with van der Waals surface area (Å²) in [7, 11) is 0. The van der Waals surface area contributed by atoms with Gasteiger partial charge in [-0.3, -0.25) is 4.99 Å². The van der Waals surface area contributed by atoms with Crippen LogP contribution in [0.25, 0.3) is 0 Å². The third-order valence-corrected chi connectivity index (χ3v) is 3.79. The number of rotatable bonds is 2. The lowest BCUT2D eigenvalue weighted by Crippen LogP contribution is -2.27. The van der Waals surface area contributed by atoms with Gasteiger partial charge in [-0.2, -0.15) is 0 Å². The number of anilines is 1. The molecule has 1 aliphatic heterocycles. The Hall–Kier alpha value is -0.960. The van der Waals surface area contributed by atoms with E-state index in [0.29, 0.717) is 5.25 Å². The minimum Gasteiger partial charge on any atom is -0.322 e. The standard InChI is InChI=1S/C13H18N2S/c1-4-15(13-14-9-11(3)16-13)12-7-5-10(2)6-8-12/h5-8,11H,4,9H2,1-3H3. The zero-order valence-corrected chi connectivity index (χ0v) is 10.9. The van der Waals surface area contributed by atoms with Gasteiger partial charge < -0.3 is 4.90 Å². The lowest BCUT2D eigenvalue weighted by molar-refractivity contribution is 0.968. The number of hydrogen-bond acceptors (Lipinski definition) is 3. The molecular weight excluding hydrogens is 216 g/mol. The van der Waals surface area contributed by atoms with E-state index in [1.165, 1.54) is 16.4 Å². The highest BCUT2D eigenvalue weighted by atomic mass is 32.2. The summed E-state index contributed by atoms with van der Waals surface area (Å²) in [6, 6.07) is 8.65. The molecule has 86 valence electrons. The fourth-order valence-corrected chi connectivity index (χ4v) is 2.78. The van der Waals surface area contributed by atoms with Crippen LogP contribution in [0.15, 0.2) is 29.3 Å². The smallest absolute Gasteiger partial charge is 0.164 e. The number of nitrogens with zero attached hydrogens (tertiary/aromatic N) is 2. The number of benzene rings is 1. The van der Waals surface area contributed by atoms with E-state index in [2.05, 4.69) is 54.9 Å². The molecule has 2 nitrogen and oxygen atoms in total. The number of hydrogen-bond donors (Lipinski definition) is 0. The van der Waals surface area contributed by atoms with Crippen molar-refractivity contribution < 1.29 is 0 Å². The van der Waals surface area contributed by atoms with E-state index >= 15 is 0 Å². The van der Waals surface area contributed by atoms with Gasteiger partial charge in [-0.25, -0.2) is 0 Å². The van der Waals surface area contributed by atoms with E-state index in [1.807, 2.05) is 11.8 Å². The third kappa shape index (κ3) is 2.40. The van der Waals surface area contributed by atoms with Crippen molar-refractivity contribution in [3.8, 4) is 0 Å². The van der Waals surface area contributed by atoms with Crippen LogP contribution in [-0.2, 0) is 0 Å². The van der Waals surface area contributed by atoms with Gasteiger partial charge >= 0.3 is 0 Å². The molecule has 0 bridgehead atoms. The Labute approximate surface area is 102 Å². The summed E-state index contributed by atoms with van der Waals surface area (Å²) in [5.41, 5.74) is 2.54. The van der Waals surface area contributed by atoms with E-state index in [9.17, 15) is 0 Å². The van der Waals surface area contributed by atoms with Crippen LogP contribution >= 0.6 is 11.8 Å². The first-order chi connectivity index (χ1) is 7.70. The van der Waals surface area contributed by atoms with Crippen molar-refractivity contribution in [2.24, 2.45) is 4.99 Å². The van der Waals surface area contributed by atoms with Crippen LogP contribution < -0.4 is 4.90 Å². The first-order valence-electron chi connectivity index (χ1n) is 5.76. The predicted molar refractivity (Wildman–Crippen MR) is 73.6 cm³/mol. The predicted octanol–water partition coefficient (Wildman–Crippen LogP) is 3.31. The molecule has 0 radical (unpaired) electrons. The van der Waals surface area contributed by atoms with Crippen LogP contribution in [0.3, 0.4) is 0 Å². The second-order valence-electron chi connectivity index (χ2n) is 4.13. The van der Waals surface area contributed by atoms with Crippen LogP contribution in [0, 0.1) is 6.92 Å². The molecule has 0 amide bonds. The maximum atomic E-state index is 4.59. The van der Waals surface area contributed by atoms with Gasteiger partial charge in [0.05, 0.1) is 6.54 Å². The fraction of sp³-hybridized carbons (Fsp3) is 0.462. The molecule has 0 N–H and O–H groups in total. The SMILES string of the molecule is CCN(C1=NCC(C)S1)c1ccc(C)cc1. The Bertz CT molecular complexity index is 383. The van der Waals surface area contributed by atoms with Gasteiger partial charge in [0.15, 0.2) is 5.17 Å². The Balaban J connectivity index is 2.19. The minimum atomic E-state index is 0.620. The normalized spacial score (nSPS) is 19.7. The fourth-order valence-electron chi connectivity index (χ4n) is 1.76. The second kappa shape index (κ2) is 4.91. The monoisotopic (exact) mass is 234 g/mol. The van der Waals surface area contributed by atoms with Gasteiger partial charge in [0.2, 0.25) is 0 Å². The Morgan fingerprint density at radius 1 is 1.38 bits per heavy atom. The molecule has 1 atom stereocenters. The van der Waals surface area contributed by atoms with Crippen molar-refractivity contribution in [3.05, 3.63) is 29.8 Å². The molecule has 2 rings (SSSR count). The Morgan fingerprint density at radius 3 is 2.56 bits per heavy atom. The molecule has 1 unspecified atom stereocenters. The van der Waals surface area contributed by atoms with E-state index in [1.54, 1.807) is 0 Å². The zero-order chi connectivity index (χ0) is 11.5. The van der Waals surface area contributed by atoms with Crippen LogP contribution in [0.5, 0.6) is 0 Å². The average Bonchev–Trinajstić information content (AvgIpc) is 2.69. The summed E-state index contributed by atoms with van der Waals surface area (Å²) in [5.74, 6) is 0. The number of amidine groups is 1. The quantitative estimate of drug-likeness (QED) is 0.780. The first kappa shape index (κ1) is 11.5. The highest BCUT2D eigenvalue weighted by Crippen LogP contribution is 2.26. The maximum Gasteiger partial charge on any atom is 0.164 e.